The van der Waals surface area contributed by atoms with Crippen LogP contribution in [0, 0.1) is 5.92 Å². The van der Waals surface area contributed by atoms with Gasteiger partial charge in [-0.2, -0.15) is 0 Å². The van der Waals surface area contributed by atoms with Crippen molar-refractivity contribution in [3.05, 3.63) is 20.8 Å². The zero-order chi connectivity index (χ0) is 12.1. The Morgan fingerprint density at radius 2 is 2.35 bits per heavy atom. The van der Waals surface area contributed by atoms with E-state index in [1.54, 1.807) is 0 Å². The molecule has 1 aromatic heterocycles. The standard InChI is InChI=1S/C14H22BrNS/c1-2-7-16-12(9-11-4-3-5-11)10-14-13(15)6-8-17-14/h6,8,11-12,16H,2-5,7,9-10H2,1H3. The van der Waals surface area contributed by atoms with E-state index in [2.05, 4.69) is 39.6 Å². The number of rotatable bonds is 7. The van der Waals surface area contributed by atoms with E-state index in [1.165, 1.54) is 47.9 Å². The van der Waals surface area contributed by atoms with Crippen molar-refractivity contribution in [3.63, 3.8) is 0 Å². The molecule has 1 unspecified atom stereocenters. The molecule has 1 aliphatic carbocycles. The highest BCUT2D eigenvalue weighted by atomic mass is 79.9. The molecule has 0 aromatic carbocycles. The zero-order valence-electron chi connectivity index (χ0n) is 10.5. The predicted molar refractivity (Wildman–Crippen MR) is 79.8 cm³/mol. The van der Waals surface area contributed by atoms with Gasteiger partial charge in [0.15, 0.2) is 0 Å². The minimum atomic E-state index is 0.676. The smallest absolute Gasteiger partial charge is 0.0314 e. The van der Waals surface area contributed by atoms with Gasteiger partial charge in [0.25, 0.3) is 0 Å². The molecule has 0 aliphatic heterocycles. The minimum absolute atomic E-state index is 0.676. The summed E-state index contributed by atoms with van der Waals surface area (Å²) in [6, 6.07) is 2.84. The van der Waals surface area contributed by atoms with Crippen molar-refractivity contribution < 1.29 is 0 Å². The fourth-order valence-electron chi connectivity index (χ4n) is 2.41. The number of halogens is 1. The van der Waals surface area contributed by atoms with Crippen LogP contribution >= 0.6 is 27.3 Å². The van der Waals surface area contributed by atoms with Crippen molar-refractivity contribution >= 4 is 27.3 Å². The van der Waals surface area contributed by atoms with Crippen LogP contribution in [0.5, 0.6) is 0 Å². The Hall–Kier alpha value is 0.140. The van der Waals surface area contributed by atoms with Crippen LogP contribution in [-0.4, -0.2) is 12.6 Å². The molecule has 0 bridgehead atoms. The molecule has 1 heterocycles. The third-order valence-electron chi connectivity index (χ3n) is 3.65. The first-order valence-corrected chi connectivity index (χ1v) is 8.42. The van der Waals surface area contributed by atoms with E-state index in [-0.39, 0.29) is 0 Å². The normalized spacial score (nSPS) is 18.0. The van der Waals surface area contributed by atoms with Crippen LogP contribution in [0.1, 0.15) is 43.9 Å². The van der Waals surface area contributed by atoms with Crippen LogP contribution < -0.4 is 5.32 Å². The van der Waals surface area contributed by atoms with Gasteiger partial charge >= 0.3 is 0 Å². The summed E-state index contributed by atoms with van der Waals surface area (Å²) in [6.07, 6.45) is 8.14. The van der Waals surface area contributed by atoms with Crippen LogP contribution in [-0.2, 0) is 6.42 Å². The lowest BCUT2D eigenvalue weighted by molar-refractivity contribution is 0.259. The van der Waals surface area contributed by atoms with Crippen LogP contribution in [0.25, 0.3) is 0 Å². The van der Waals surface area contributed by atoms with E-state index >= 15 is 0 Å². The first-order valence-electron chi connectivity index (χ1n) is 6.74. The largest absolute Gasteiger partial charge is 0.314 e. The Bertz CT molecular complexity index is 333. The van der Waals surface area contributed by atoms with Crippen molar-refractivity contribution in [2.75, 3.05) is 6.54 Å². The second kappa shape index (κ2) is 6.91. The van der Waals surface area contributed by atoms with Crippen LogP contribution in [0.4, 0.5) is 0 Å². The number of hydrogen-bond acceptors (Lipinski definition) is 2. The number of nitrogens with one attached hydrogen (secondary N) is 1. The Morgan fingerprint density at radius 1 is 1.53 bits per heavy atom. The minimum Gasteiger partial charge on any atom is -0.314 e. The SMILES string of the molecule is CCCNC(Cc1sccc1Br)CC1CCC1. The Kier molecular flexibility index (Phi) is 5.51. The van der Waals surface area contributed by atoms with Crippen molar-refractivity contribution in [1.29, 1.82) is 0 Å². The molecule has 1 saturated carbocycles. The van der Waals surface area contributed by atoms with Crippen LogP contribution in [0.15, 0.2) is 15.9 Å². The van der Waals surface area contributed by atoms with E-state index in [0.29, 0.717) is 6.04 Å². The molecule has 96 valence electrons. The summed E-state index contributed by atoms with van der Waals surface area (Å²) < 4.78 is 1.29. The second-order valence-corrected chi connectivity index (χ2v) is 6.93. The Balaban J connectivity index is 1.87. The van der Waals surface area contributed by atoms with Gasteiger partial charge in [0.2, 0.25) is 0 Å². The summed E-state index contributed by atoms with van der Waals surface area (Å²) >= 11 is 5.52. The highest BCUT2D eigenvalue weighted by Gasteiger charge is 2.22. The summed E-state index contributed by atoms with van der Waals surface area (Å²) in [5.41, 5.74) is 0. The third-order valence-corrected chi connectivity index (χ3v) is 5.60. The summed E-state index contributed by atoms with van der Waals surface area (Å²) in [5, 5.41) is 5.90. The van der Waals surface area contributed by atoms with E-state index < -0.39 is 0 Å². The molecule has 0 spiro atoms. The van der Waals surface area contributed by atoms with Crippen molar-refractivity contribution in [2.24, 2.45) is 5.92 Å². The number of hydrogen-bond donors (Lipinski definition) is 1. The molecule has 1 atom stereocenters. The Morgan fingerprint density at radius 3 is 2.88 bits per heavy atom. The lowest BCUT2D eigenvalue weighted by atomic mass is 9.80. The lowest BCUT2D eigenvalue weighted by Gasteiger charge is -2.30. The molecule has 1 aliphatic rings. The van der Waals surface area contributed by atoms with Gasteiger partial charge in [0, 0.05) is 15.4 Å². The average Bonchev–Trinajstić information content (AvgIpc) is 2.65. The molecule has 0 amide bonds. The lowest BCUT2D eigenvalue weighted by Crippen LogP contribution is -2.35. The van der Waals surface area contributed by atoms with Crippen molar-refractivity contribution in [1.82, 2.24) is 5.32 Å². The van der Waals surface area contributed by atoms with E-state index in [4.69, 9.17) is 0 Å². The molecule has 1 N–H and O–H groups in total. The Labute approximate surface area is 117 Å². The molecule has 2 rings (SSSR count). The molecule has 0 saturated heterocycles. The van der Waals surface area contributed by atoms with Gasteiger partial charge < -0.3 is 5.32 Å². The third kappa shape index (κ3) is 4.08. The van der Waals surface area contributed by atoms with Gasteiger partial charge in [-0.15, -0.1) is 11.3 Å². The van der Waals surface area contributed by atoms with E-state index in [1.807, 2.05) is 11.3 Å². The maximum absolute atomic E-state index is 3.72. The van der Waals surface area contributed by atoms with Gasteiger partial charge in [-0.1, -0.05) is 26.2 Å². The second-order valence-electron chi connectivity index (χ2n) is 5.08. The van der Waals surface area contributed by atoms with Gasteiger partial charge in [0.05, 0.1) is 0 Å². The molecule has 1 aromatic rings. The van der Waals surface area contributed by atoms with Gasteiger partial charge in [-0.05, 0) is 59.1 Å². The maximum Gasteiger partial charge on any atom is 0.0314 e. The molecule has 0 radical (unpaired) electrons. The fourth-order valence-corrected chi connectivity index (χ4v) is 4.01. The summed E-state index contributed by atoms with van der Waals surface area (Å²) in [4.78, 5) is 1.50. The quantitative estimate of drug-likeness (QED) is 0.774. The average molecular weight is 316 g/mol. The van der Waals surface area contributed by atoms with Gasteiger partial charge in [0.1, 0.15) is 0 Å². The molecule has 1 fully saturated rings. The highest BCUT2D eigenvalue weighted by Crippen LogP contribution is 2.32. The number of thiophene rings is 1. The monoisotopic (exact) mass is 315 g/mol. The summed E-state index contributed by atoms with van der Waals surface area (Å²) in [5.74, 6) is 0.989. The van der Waals surface area contributed by atoms with E-state index in [0.717, 1.165) is 12.5 Å². The first kappa shape index (κ1) is 13.6. The van der Waals surface area contributed by atoms with Gasteiger partial charge in [-0.25, -0.2) is 0 Å². The van der Waals surface area contributed by atoms with Crippen LogP contribution in [0.3, 0.4) is 0 Å². The fraction of sp³-hybridized carbons (Fsp3) is 0.714. The van der Waals surface area contributed by atoms with Crippen molar-refractivity contribution in [3.8, 4) is 0 Å². The van der Waals surface area contributed by atoms with Gasteiger partial charge in [-0.3, -0.25) is 0 Å². The van der Waals surface area contributed by atoms with E-state index in [9.17, 15) is 0 Å². The molecule has 17 heavy (non-hydrogen) atoms. The maximum atomic E-state index is 3.72. The molecular formula is C14H22BrNS. The van der Waals surface area contributed by atoms with Crippen LogP contribution in [0.2, 0.25) is 0 Å². The zero-order valence-corrected chi connectivity index (χ0v) is 12.9. The topological polar surface area (TPSA) is 12.0 Å². The molecule has 1 nitrogen and oxygen atoms in total. The summed E-state index contributed by atoms with van der Waals surface area (Å²) in [6.45, 7) is 3.40. The predicted octanol–water partition coefficient (Wildman–Crippen LogP) is 4.61. The molecular weight excluding hydrogens is 294 g/mol. The van der Waals surface area contributed by atoms with Crippen molar-refractivity contribution in [2.45, 2.75) is 51.5 Å². The first-order chi connectivity index (χ1) is 8.29. The summed E-state index contributed by atoms with van der Waals surface area (Å²) in [7, 11) is 0. The molecule has 3 heteroatoms. The highest BCUT2D eigenvalue weighted by molar-refractivity contribution is 9.10.